The predicted molar refractivity (Wildman–Crippen MR) is 123 cm³/mol. The first-order valence-electron chi connectivity index (χ1n) is 7.87. The van der Waals surface area contributed by atoms with E-state index in [0.29, 0.717) is 15.6 Å². The second kappa shape index (κ2) is 8.83. The van der Waals surface area contributed by atoms with E-state index >= 15 is 0 Å². The third-order valence-corrected chi connectivity index (χ3v) is 8.26. The van der Waals surface area contributed by atoms with E-state index in [1.165, 1.54) is 0 Å². The van der Waals surface area contributed by atoms with E-state index in [9.17, 15) is 4.79 Å². The van der Waals surface area contributed by atoms with Gasteiger partial charge >= 0.3 is 0 Å². The Hall–Kier alpha value is -0.590. The molecular formula is C20H13Br3Cl2O2. The summed E-state index contributed by atoms with van der Waals surface area (Å²) in [6.07, 6.45) is 0. The minimum absolute atomic E-state index is 0.116. The summed E-state index contributed by atoms with van der Waals surface area (Å²) < 4.78 is 6.24. The minimum atomic E-state index is -0.490. The van der Waals surface area contributed by atoms with E-state index in [0.717, 1.165) is 26.6 Å². The van der Waals surface area contributed by atoms with Crippen LogP contribution in [0.4, 0.5) is 0 Å². The number of fused-ring (bicyclic) bond motifs is 1. The Morgan fingerprint density at radius 3 is 2.44 bits per heavy atom. The van der Waals surface area contributed by atoms with Crippen LogP contribution in [0.2, 0.25) is 10.0 Å². The highest BCUT2D eigenvalue weighted by atomic mass is 79.9. The number of halogens is 5. The van der Waals surface area contributed by atoms with Crippen LogP contribution in [0, 0.1) is 0 Å². The van der Waals surface area contributed by atoms with Crippen molar-refractivity contribution in [3.8, 4) is 5.75 Å². The van der Waals surface area contributed by atoms with Gasteiger partial charge in [0.15, 0.2) is 5.78 Å². The highest BCUT2D eigenvalue weighted by Crippen LogP contribution is 2.38. The van der Waals surface area contributed by atoms with Crippen molar-refractivity contribution in [2.45, 2.75) is 9.65 Å². The van der Waals surface area contributed by atoms with Crippen LogP contribution in [0.5, 0.6) is 5.75 Å². The van der Waals surface area contributed by atoms with Crippen molar-refractivity contribution < 1.29 is 9.53 Å². The lowest BCUT2D eigenvalue weighted by atomic mass is 10.00. The maximum Gasteiger partial charge on any atom is 0.179 e. The van der Waals surface area contributed by atoms with Crippen LogP contribution < -0.4 is 4.74 Å². The largest absolute Gasteiger partial charge is 0.496 e. The van der Waals surface area contributed by atoms with Gasteiger partial charge in [-0.2, -0.15) is 0 Å². The number of benzene rings is 3. The normalized spacial score (nSPS) is 13.4. The molecule has 0 saturated carbocycles. The van der Waals surface area contributed by atoms with Gasteiger partial charge in [0, 0.05) is 10.6 Å². The first-order valence-corrected chi connectivity index (χ1v) is 11.2. The zero-order chi connectivity index (χ0) is 19.7. The monoisotopic (exact) mass is 592 g/mol. The summed E-state index contributed by atoms with van der Waals surface area (Å²) in [5.41, 5.74) is 1.40. The summed E-state index contributed by atoms with van der Waals surface area (Å²) in [6.45, 7) is 0. The SMILES string of the molecule is COc1ccc2cc([C@@H](Br)[C@@H](Br)C(=O)c3ccc(Cl)cc3Cl)ccc2c1Br. The fourth-order valence-corrected chi connectivity index (χ4v) is 4.99. The molecule has 2 atom stereocenters. The van der Waals surface area contributed by atoms with Crippen molar-refractivity contribution in [3.05, 3.63) is 74.2 Å². The molecule has 0 saturated heterocycles. The fraction of sp³-hybridized carbons (Fsp3) is 0.150. The highest BCUT2D eigenvalue weighted by Gasteiger charge is 2.27. The number of hydrogen-bond donors (Lipinski definition) is 0. The van der Waals surface area contributed by atoms with Crippen molar-refractivity contribution >= 4 is 87.5 Å². The minimum Gasteiger partial charge on any atom is -0.496 e. The summed E-state index contributed by atoms with van der Waals surface area (Å²) in [7, 11) is 1.64. The van der Waals surface area contributed by atoms with E-state index in [4.69, 9.17) is 27.9 Å². The van der Waals surface area contributed by atoms with Crippen LogP contribution in [0.25, 0.3) is 10.8 Å². The molecule has 3 aromatic rings. The van der Waals surface area contributed by atoms with E-state index in [-0.39, 0.29) is 10.6 Å². The van der Waals surface area contributed by atoms with Crippen LogP contribution in [0.15, 0.2) is 53.0 Å². The molecule has 0 spiro atoms. The second-order valence-corrected chi connectivity index (χ2v) is 9.46. The predicted octanol–water partition coefficient (Wildman–Crippen LogP) is 8.00. The van der Waals surface area contributed by atoms with Crippen molar-refractivity contribution in [3.63, 3.8) is 0 Å². The van der Waals surface area contributed by atoms with Crippen molar-refractivity contribution in [2.24, 2.45) is 0 Å². The Morgan fingerprint density at radius 2 is 1.78 bits per heavy atom. The molecule has 27 heavy (non-hydrogen) atoms. The van der Waals surface area contributed by atoms with Gasteiger partial charge in [-0.1, -0.05) is 73.3 Å². The fourth-order valence-electron chi connectivity index (χ4n) is 2.76. The van der Waals surface area contributed by atoms with E-state index in [1.807, 2.05) is 30.3 Å². The van der Waals surface area contributed by atoms with Gasteiger partial charge in [-0.15, -0.1) is 0 Å². The molecule has 0 N–H and O–H groups in total. The number of alkyl halides is 2. The molecule has 140 valence electrons. The summed E-state index contributed by atoms with van der Waals surface area (Å²) in [4.78, 5) is 12.1. The lowest BCUT2D eigenvalue weighted by molar-refractivity contribution is 0.0991. The molecule has 0 heterocycles. The molecule has 0 amide bonds. The molecule has 2 nitrogen and oxygen atoms in total. The second-order valence-electron chi connectivity index (χ2n) is 5.85. The van der Waals surface area contributed by atoms with Gasteiger partial charge in [0.05, 0.1) is 26.3 Å². The smallest absolute Gasteiger partial charge is 0.179 e. The maximum absolute atomic E-state index is 12.9. The van der Waals surface area contributed by atoms with Crippen molar-refractivity contribution in [1.82, 2.24) is 0 Å². The molecule has 0 radical (unpaired) electrons. The Labute approximate surface area is 192 Å². The third kappa shape index (κ3) is 4.38. The lowest BCUT2D eigenvalue weighted by Crippen LogP contribution is -2.19. The van der Waals surface area contributed by atoms with Crippen LogP contribution in [-0.2, 0) is 0 Å². The van der Waals surface area contributed by atoms with Crippen molar-refractivity contribution in [2.75, 3.05) is 7.11 Å². The van der Waals surface area contributed by atoms with Gasteiger partial charge < -0.3 is 4.74 Å². The summed E-state index contributed by atoms with van der Waals surface area (Å²) in [6, 6.07) is 14.8. The topological polar surface area (TPSA) is 26.3 Å². The van der Waals surface area contributed by atoms with Gasteiger partial charge in [0.2, 0.25) is 0 Å². The highest BCUT2D eigenvalue weighted by molar-refractivity contribution is 9.12. The van der Waals surface area contributed by atoms with Gasteiger partial charge in [-0.25, -0.2) is 0 Å². The number of hydrogen-bond acceptors (Lipinski definition) is 2. The maximum atomic E-state index is 12.9. The molecule has 0 fully saturated rings. The number of carbonyl (C=O) groups is 1. The first-order chi connectivity index (χ1) is 12.8. The molecule has 0 aliphatic carbocycles. The summed E-state index contributed by atoms with van der Waals surface area (Å²) >= 11 is 22.8. The molecule has 0 aliphatic heterocycles. The van der Waals surface area contributed by atoms with Gasteiger partial charge in [-0.05, 0) is 62.6 Å². The van der Waals surface area contributed by atoms with Crippen molar-refractivity contribution in [1.29, 1.82) is 0 Å². The standard InChI is InChI=1S/C20H13Br3Cl2O2/c1-27-16-7-3-10-8-11(2-5-13(10)18(16)22)17(21)19(23)20(26)14-6-4-12(24)9-15(14)25/h2-9,17,19H,1H3/t17-,19-/m1/s1. The Balaban J connectivity index is 1.92. The first kappa shape index (κ1) is 21.1. The summed E-state index contributed by atoms with van der Waals surface area (Å²) in [5, 5.41) is 2.91. The molecule has 0 aromatic heterocycles. The molecule has 3 rings (SSSR count). The van der Waals surface area contributed by atoms with E-state index < -0.39 is 4.83 Å². The average molecular weight is 596 g/mol. The van der Waals surface area contributed by atoms with E-state index in [1.54, 1.807) is 25.3 Å². The average Bonchev–Trinajstić information content (AvgIpc) is 2.66. The van der Waals surface area contributed by atoms with Crippen LogP contribution >= 0.6 is 71.0 Å². The number of methoxy groups -OCH3 is 1. The molecular weight excluding hydrogens is 583 g/mol. The Morgan fingerprint density at radius 1 is 1.04 bits per heavy atom. The zero-order valence-electron chi connectivity index (χ0n) is 14.0. The number of ether oxygens (including phenoxy) is 1. The number of carbonyl (C=O) groups excluding carboxylic acids is 1. The van der Waals surface area contributed by atoms with E-state index in [2.05, 4.69) is 47.8 Å². The number of rotatable bonds is 5. The number of ketones is 1. The Bertz CT molecular complexity index is 1020. The van der Waals surface area contributed by atoms with Gasteiger partial charge in [0.25, 0.3) is 0 Å². The quantitative estimate of drug-likeness (QED) is 0.221. The van der Waals surface area contributed by atoms with Gasteiger partial charge in [0.1, 0.15) is 5.75 Å². The molecule has 0 bridgehead atoms. The zero-order valence-corrected chi connectivity index (χ0v) is 20.2. The molecule has 0 aliphatic rings. The Kier molecular flexibility index (Phi) is 6.91. The van der Waals surface area contributed by atoms with Crippen LogP contribution in [-0.4, -0.2) is 17.7 Å². The van der Waals surface area contributed by atoms with Gasteiger partial charge in [-0.3, -0.25) is 4.79 Å². The van der Waals surface area contributed by atoms with Crippen LogP contribution in [0.3, 0.4) is 0 Å². The molecule has 7 heteroatoms. The number of Topliss-reactive ketones (excluding diaryl/α,β-unsaturated/α-hetero) is 1. The lowest BCUT2D eigenvalue weighted by Gasteiger charge is -2.18. The molecule has 3 aromatic carbocycles. The molecule has 0 unspecified atom stereocenters. The third-order valence-electron chi connectivity index (χ3n) is 4.19. The van der Waals surface area contributed by atoms with Crippen LogP contribution in [0.1, 0.15) is 20.7 Å². The summed E-state index contributed by atoms with van der Waals surface area (Å²) in [5.74, 6) is 0.658.